The number of benzene rings is 1. The summed E-state index contributed by atoms with van der Waals surface area (Å²) >= 11 is 0. The Morgan fingerprint density at radius 2 is 1.88 bits per heavy atom. The third-order valence-corrected chi connectivity index (χ3v) is 5.45. The van der Waals surface area contributed by atoms with Crippen molar-refractivity contribution < 1.29 is 18.0 Å². The van der Waals surface area contributed by atoms with E-state index in [0.717, 1.165) is 0 Å². The molecule has 1 aromatic rings. The van der Waals surface area contributed by atoms with E-state index in [0.29, 0.717) is 5.56 Å². The lowest BCUT2D eigenvalue weighted by molar-refractivity contribution is -0.138. The van der Waals surface area contributed by atoms with Gasteiger partial charge in [0.2, 0.25) is 21.8 Å². The van der Waals surface area contributed by atoms with Crippen LogP contribution in [-0.4, -0.2) is 61.7 Å². The lowest BCUT2D eigenvalue weighted by atomic mass is 10.2. The van der Waals surface area contributed by atoms with E-state index >= 15 is 0 Å². The van der Waals surface area contributed by atoms with E-state index < -0.39 is 10.0 Å². The SMILES string of the molecule is CC(C)NC(=O)CN1CCN(S(=O)(=O)Cc2ccccc2)CC1=O. The molecule has 7 nitrogen and oxygen atoms in total. The first-order valence-corrected chi connectivity index (χ1v) is 9.48. The molecule has 1 aromatic carbocycles. The molecule has 1 saturated heterocycles. The molecule has 1 fully saturated rings. The van der Waals surface area contributed by atoms with E-state index in [1.54, 1.807) is 24.3 Å². The van der Waals surface area contributed by atoms with Crippen LogP contribution >= 0.6 is 0 Å². The average Bonchev–Trinajstić information content (AvgIpc) is 2.49. The highest BCUT2D eigenvalue weighted by atomic mass is 32.2. The van der Waals surface area contributed by atoms with E-state index in [4.69, 9.17) is 0 Å². The van der Waals surface area contributed by atoms with Crippen LogP contribution in [0.4, 0.5) is 0 Å². The minimum Gasteiger partial charge on any atom is -0.352 e. The predicted octanol–water partition coefficient (Wildman–Crippen LogP) is 0.185. The molecular weight excluding hydrogens is 330 g/mol. The van der Waals surface area contributed by atoms with Crippen LogP contribution in [-0.2, 0) is 25.4 Å². The molecule has 0 aliphatic carbocycles. The Kier molecular flexibility index (Phi) is 5.95. The van der Waals surface area contributed by atoms with Crippen molar-refractivity contribution in [3.8, 4) is 0 Å². The van der Waals surface area contributed by atoms with Crippen LogP contribution in [0.15, 0.2) is 30.3 Å². The second-order valence-corrected chi connectivity index (χ2v) is 8.08. The fourth-order valence-electron chi connectivity index (χ4n) is 2.51. The van der Waals surface area contributed by atoms with E-state index in [-0.39, 0.29) is 49.8 Å². The molecule has 0 saturated carbocycles. The van der Waals surface area contributed by atoms with E-state index in [9.17, 15) is 18.0 Å². The molecule has 2 amide bonds. The Morgan fingerprint density at radius 1 is 1.21 bits per heavy atom. The number of carbonyl (C=O) groups is 2. The maximum Gasteiger partial charge on any atom is 0.239 e. The van der Waals surface area contributed by atoms with Gasteiger partial charge in [0.25, 0.3) is 0 Å². The normalized spacial score (nSPS) is 16.5. The minimum absolute atomic E-state index is 0.000131. The highest BCUT2D eigenvalue weighted by molar-refractivity contribution is 7.88. The van der Waals surface area contributed by atoms with Gasteiger partial charge in [-0.25, -0.2) is 8.42 Å². The van der Waals surface area contributed by atoms with Crippen molar-refractivity contribution in [3.63, 3.8) is 0 Å². The van der Waals surface area contributed by atoms with Crippen LogP contribution in [0.2, 0.25) is 0 Å². The summed E-state index contributed by atoms with van der Waals surface area (Å²) in [4.78, 5) is 25.3. The summed E-state index contributed by atoms with van der Waals surface area (Å²) in [7, 11) is -3.55. The standard InChI is InChI=1S/C16H23N3O4S/c1-13(2)17-15(20)10-18-8-9-19(11-16(18)21)24(22,23)12-14-6-4-3-5-7-14/h3-7,13H,8-12H2,1-2H3,(H,17,20). The van der Waals surface area contributed by atoms with E-state index in [1.165, 1.54) is 9.21 Å². The first-order chi connectivity index (χ1) is 11.3. The van der Waals surface area contributed by atoms with Gasteiger partial charge >= 0.3 is 0 Å². The molecule has 0 radical (unpaired) electrons. The number of nitrogens with one attached hydrogen (secondary N) is 1. The predicted molar refractivity (Wildman–Crippen MR) is 90.5 cm³/mol. The zero-order chi connectivity index (χ0) is 17.7. The summed E-state index contributed by atoms with van der Waals surface area (Å²) in [6.07, 6.45) is 0. The van der Waals surface area contributed by atoms with E-state index in [1.807, 2.05) is 19.9 Å². The molecule has 1 aliphatic rings. The molecule has 2 rings (SSSR count). The van der Waals surface area contributed by atoms with Gasteiger partial charge in [-0.1, -0.05) is 30.3 Å². The van der Waals surface area contributed by atoms with Gasteiger partial charge in [0, 0.05) is 19.1 Å². The smallest absolute Gasteiger partial charge is 0.239 e. The number of hydrogen-bond acceptors (Lipinski definition) is 4. The van der Waals surface area contributed by atoms with Gasteiger partial charge in [-0.3, -0.25) is 9.59 Å². The van der Waals surface area contributed by atoms with Crippen molar-refractivity contribution in [2.75, 3.05) is 26.2 Å². The fourth-order valence-corrected chi connectivity index (χ4v) is 3.97. The topological polar surface area (TPSA) is 86.8 Å². The molecule has 1 aliphatic heterocycles. The van der Waals surface area contributed by atoms with Gasteiger partial charge in [0.15, 0.2) is 0 Å². The van der Waals surface area contributed by atoms with Crippen molar-refractivity contribution in [3.05, 3.63) is 35.9 Å². The van der Waals surface area contributed by atoms with Crippen LogP contribution < -0.4 is 5.32 Å². The maximum absolute atomic E-state index is 12.5. The van der Waals surface area contributed by atoms with Crippen LogP contribution in [0.1, 0.15) is 19.4 Å². The summed E-state index contributed by atoms with van der Waals surface area (Å²) < 4.78 is 26.1. The van der Waals surface area contributed by atoms with Gasteiger partial charge in [0.05, 0.1) is 18.8 Å². The van der Waals surface area contributed by atoms with Gasteiger partial charge < -0.3 is 10.2 Å². The van der Waals surface area contributed by atoms with Gasteiger partial charge in [-0.05, 0) is 19.4 Å². The number of piperazine rings is 1. The lowest BCUT2D eigenvalue weighted by Crippen LogP contribution is -2.54. The number of carbonyl (C=O) groups excluding carboxylic acids is 2. The van der Waals surface area contributed by atoms with Crippen molar-refractivity contribution in [2.24, 2.45) is 0 Å². The summed E-state index contributed by atoms with van der Waals surface area (Å²) in [5.74, 6) is -0.717. The summed E-state index contributed by atoms with van der Waals surface area (Å²) in [6.45, 7) is 3.85. The Morgan fingerprint density at radius 3 is 2.46 bits per heavy atom. The number of rotatable bonds is 6. The van der Waals surface area contributed by atoms with Crippen molar-refractivity contribution in [1.82, 2.24) is 14.5 Å². The van der Waals surface area contributed by atoms with Gasteiger partial charge in [-0.2, -0.15) is 4.31 Å². The highest BCUT2D eigenvalue weighted by Gasteiger charge is 2.32. The van der Waals surface area contributed by atoms with Crippen LogP contribution in [0, 0.1) is 0 Å². The summed E-state index contributed by atoms with van der Waals surface area (Å²) in [5.41, 5.74) is 0.684. The summed E-state index contributed by atoms with van der Waals surface area (Å²) in [5, 5.41) is 2.72. The fraction of sp³-hybridized carbons (Fsp3) is 0.500. The number of hydrogen-bond donors (Lipinski definition) is 1. The number of amides is 2. The highest BCUT2D eigenvalue weighted by Crippen LogP contribution is 2.14. The van der Waals surface area contributed by atoms with Crippen molar-refractivity contribution in [1.29, 1.82) is 0 Å². The molecule has 0 atom stereocenters. The molecule has 1 N–H and O–H groups in total. The third-order valence-electron chi connectivity index (χ3n) is 3.65. The third kappa shape index (κ3) is 5.04. The zero-order valence-electron chi connectivity index (χ0n) is 13.9. The molecule has 0 aromatic heterocycles. The largest absolute Gasteiger partial charge is 0.352 e. The Labute approximate surface area is 142 Å². The lowest BCUT2D eigenvalue weighted by Gasteiger charge is -2.33. The second-order valence-electron chi connectivity index (χ2n) is 6.11. The first kappa shape index (κ1) is 18.4. The molecule has 0 spiro atoms. The Balaban J connectivity index is 1.94. The molecular formula is C16H23N3O4S. The Hall–Kier alpha value is -1.93. The molecule has 8 heteroatoms. The molecule has 0 unspecified atom stereocenters. The van der Waals surface area contributed by atoms with Crippen LogP contribution in [0.25, 0.3) is 0 Å². The zero-order valence-corrected chi connectivity index (χ0v) is 14.8. The van der Waals surface area contributed by atoms with Gasteiger partial charge in [-0.15, -0.1) is 0 Å². The van der Waals surface area contributed by atoms with E-state index in [2.05, 4.69) is 5.32 Å². The van der Waals surface area contributed by atoms with Crippen molar-refractivity contribution >= 4 is 21.8 Å². The molecule has 132 valence electrons. The number of nitrogens with zero attached hydrogens (tertiary/aromatic N) is 2. The quantitative estimate of drug-likeness (QED) is 0.791. The van der Waals surface area contributed by atoms with Gasteiger partial charge in [0.1, 0.15) is 0 Å². The monoisotopic (exact) mass is 353 g/mol. The number of sulfonamides is 1. The van der Waals surface area contributed by atoms with Crippen molar-refractivity contribution in [2.45, 2.75) is 25.6 Å². The maximum atomic E-state index is 12.5. The van der Waals surface area contributed by atoms with Crippen LogP contribution in [0.5, 0.6) is 0 Å². The molecule has 1 heterocycles. The summed E-state index contributed by atoms with van der Waals surface area (Å²) in [6, 6.07) is 8.86. The molecule has 24 heavy (non-hydrogen) atoms. The molecule has 0 bridgehead atoms. The Bertz CT molecular complexity index is 689. The van der Waals surface area contributed by atoms with Crippen LogP contribution in [0.3, 0.4) is 0 Å². The average molecular weight is 353 g/mol. The first-order valence-electron chi connectivity index (χ1n) is 7.87. The second kappa shape index (κ2) is 7.76. The minimum atomic E-state index is -3.55.